The summed E-state index contributed by atoms with van der Waals surface area (Å²) >= 11 is 0. The Labute approximate surface area is 230 Å². The van der Waals surface area contributed by atoms with E-state index in [0.29, 0.717) is 37.6 Å². The Balaban J connectivity index is 1.27. The number of nitrogens with two attached hydrogens (primary N) is 1. The molecule has 1 aliphatic heterocycles. The number of nitrogens with zero attached hydrogens (tertiary/aromatic N) is 2. The third kappa shape index (κ3) is 7.18. The first-order chi connectivity index (χ1) is 19.2. The highest BCUT2D eigenvalue weighted by molar-refractivity contribution is 5.98. The van der Waals surface area contributed by atoms with Crippen molar-refractivity contribution in [2.24, 2.45) is 5.73 Å². The predicted octanol–water partition coefficient (Wildman–Crippen LogP) is 1.13. The Morgan fingerprint density at radius 1 is 0.900 bits per heavy atom. The molecule has 0 radical (unpaired) electrons. The first-order valence-electron chi connectivity index (χ1n) is 12.7. The first kappa shape index (κ1) is 28.6. The van der Waals surface area contributed by atoms with Crippen molar-refractivity contribution in [1.29, 1.82) is 0 Å². The van der Waals surface area contributed by atoms with Crippen LogP contribution in [0.3, 0.4) is 0 Å². The van der Waals surface area contributed by atoms with E-state index in [4.69, 9.17) is 10.9 Å². The third-order valence-corrected chi connectivity index (χ3v) is 6.60. The summed E-state index contributed by atoms with van der Waals surface area (Å²) in [7, 11) is 0. The van der Waals surface area contributed by atoms with Crippen molar-refractivity contribution in [2.75, 3.05) is 42.9 Å². The highest BCUT2D eigenvalue weighted by Gasteiger charge is 2.26. The molecule has 210 valence electrons. The molecule has 1 aliphatic rings. The van der Waals surface area contributed by atoms with Crippen molar-refractivity contribution in [1.82, 2.24) is 15.7 Å². The lowest BCUT2D eigenvalue weighted by Gasteiger charge is -2.35. The molecule has 1 saturated heterocycles. The van der Waals surface area contributed by atoms with Crippen molar-refractivity contribution >= 4 is 29.1 Å². The summed E-state index contributed by atoms with van der Waals surface area (Å²) in [5.74, 6) is -2.09. The Morgan fingerprint density at radius 2 is 1.50 bits per heavy atom. The Kier molecular flexibility index (Phi) is 9.40. The average molecular weight is 551 g/mol. The van der Waals surface area contributed by atoms with Crippen molar-refractivity contribution in [3.05, 3.63) is 84.2 Å². The number of hydroxylamine groups is 1. The largest absolute Gasteiger partial charge is 0.376 e. The zero-order valence-corrected chi connectivity index (χ0v) is 21.6. The van der Waals surface area contributed by atoms with E-state index in [0.717, 1.165) is 11.1 Å². The first-order valence-corrected chi connectivity index (χ1v) is 12.7. The summed E-state index contributed by atoms with van der Waals surface area (Å²) in [4.78, 5) is 40.6. The van der Waals surface area contributed by atoms with Crippen LogP contribution in [0.15, 0.2) is 72.8 Å². The molecule has 7 N–H and O–H groups in total. The fraction of sp³-hybridized carbons (Fsp3) is 0.250. The van der Waals surface area contributed by atoms with Gasteiger partial charge in [0.25, 0.3) is 11.8 Å². The van der Waals surface area contributed by atoms with Gasteiger partial charge in [-0.05, 0) is 47.5 Å². The van der Waals surface area contributed by atoms with Crippen LogP contribution in [0.2, 0.25) is 0 Å². The maximum absolute atomic E-state index is 14.0. The molecule has 0 bridgehead atoms. The van der Waals surface area contributed by atoms with Gasteiger partial charge in [-0.15, -0.1) is 0 Å². The van der Waals surface area contributed by atoms with Crippen LogP contribution < -0.4 is 26.7 Å². The van der Waals surface area contributed by atoms with Crippen molar-refractivity contribution < 1.29 is 29.1 Å². The lowest BCUT2D eigenvalue weighted by molar-refractivity contribution is -0.133. The fourth-order valence-electron chi connectivity index (χ4n) is 4.42. The van der Waals surface area contributed by atoms with Crippen LogP contribution in [0.4, 0.5) is 15.8 Å². The quantitative estimate of drug-likeness (QED) is 0.131. The number of amides is 3. The molecule has 0 spiro atoms. The lowest BCUT2D eigenvalue weighted by Crippen LogP contribution is -2.55. The summed E-state index contributed by atoms with van der Waals surface area (Å²) in [6.45, 7) is 2.81. The van der Waals surface area contributed by atoms with Gasteiger partial charge >= 0.3 is 0 Å². The van der Waals surface area contributed by atoms with E-state index in [2.05, 4.69) is 10.6 Å². The molecule has 0 aromatic heterocycles. The molecule has 1 fully saturated rings. The predicted molar refractivity (Wildman–Crippen MR) is 147 cm³/mol. The standard InChI is InChI=1S/C28H31FN6O5/c29-22-3-1-2-4-23(22)35-15-13-34(14-16-35)17-24(36)31-21-11-9-19(10-12-21)18-5-7-20(8-6-18)27(38)32-25(26(30)37)28(39)33-40/h1-12,25-26,37,40H,13-17,30H2,(H,31,36)(H,32,38)(H,33,39)/t25-,26-/m0/s1. The monoisotopic (exact) mass is 550 g/mol. The third-order valence-electron chi connectivity index (χ3n) is 6.60. The molecule has 0 aliphatic carbocycles. The number of aliphatic hydroxyl groups is 1. The van der Waals surface area contributed by atoms with Gasteiger partial charge in [0, 0.05) is 37.4 Å². The summed E-state index contributed by atoms with van der Waals surface area (Å²) in [5, 5.41) is 23.4. The molecule has 11 nitrogen and oxygen atoms in total. The zero-order valence-electron chi connectivity index (χ0n) is 21.6. The lowest BCUT2D eigenvalue weighted by atomic mass is 10.0. The van der Waals surface area contributed by atoms with E-state index >= 15 is 0 Å². The van der Waals surface area contributed by atoms with E-state index < -0.39 is 24.1 Å². The number of aliphatic hydroxyl groups excluding tert-OH is 1. The number of rotatable bonds is 9. The van der Waals surface area contributed by atoms with Gasteiger partial charge in [0.1, 0.15) is 18.1 Å². The Morgan fingerprint density at radius 3 is 2.08 bits per heavy atom. The number of para-hydroxylation sites is 1. The van der Waals surface area contributed by atoms with E-state index in [1.54, 1.807) is 48.5 Å². The second kappa shape index (κ2) is 13.1. The van der Waals surface area contributed by atoms with Gasteiger partial charge in [-0.25, -0.2) is 9.87 Å². The second-order valence-corrected chi connectivity index (χ2v) is 9.34. The van der Waals surface area contributed by atoms with E-state index in [9.17, 15) is 23.9 Å². The molecule has 0 saturated carbocycles. The minimum Gasteiger partial charge on any atom is -0.376 e. The molecule has 40 heavy (non-hydrogen) atoms. The van der Waals surface area contributed by atoms with Gasteiger partial charge in [-0.3, -0.25) is 24.5 Å². The number of benzene rings is 3. The Hall–Kier alpha value is -4.36. The van der Waals surface area contributed by atoms with Gasteiger partial charge in [0.05, 0.1) is 12.2 Å². The van der Waals surface area contributed by atoms with Gasteiger partial charge in [0.15, 0.2) is 0 Å². The molecule has 3 amide bonds. The van der Waals surface area contributed by atoms with Crippen molar-refractivity contribution in [3.63, 3.8) is 0 Å². The van der Waals surface area contributed by atoms with E-state index in [1.807, 2.05) is 28.0 Å². The molecule has 12 heteroatoms. The number of anilines is 2. The molecule has 2 atom stereocenters. The number of nitrogens with one attached hydrogen (secondary N) is 3. The minimum absolute atomic E-state index is 0.141. The molecule has 4 rings (SSSR count). The van der Waals surface area contributed by atoms with Gasteiger partial charge in [-0.2, -0.15) is 0 Å². The van der Waals surface area contributed by atoms with Crippen molar-refractivity contribution in [3.8, 4) is 11.1 Å². The summed E-state index contributed by atoms with van der Waals surface area (Å²) in [5.41, 5.74) is 9.73. The zero-order chi connectivity index (χ0) is 28.6. The summed E-state index contributed by atoms with van der Waals surface area (Å²) in [6.07, 6.45) is -1.70. The van der Waals surface area contributed by atoms with Gasteiger partial charge in [0.2, 0.25) is 5.91 Å². The van der Waals surface area contributed by atoms with Gasteiger partial charge in [-0.1, -0.05) is 36.4 Å². The number of hydrogen-bond donors (Lipinski definition) is 6. The maximum atomic E-state index is 14.0. The average Bonchev–Trinajstić information content (AvgIpc) is 2.96. The SMILES string of the molecule is N[C@@H](O)[C@H](NC(=O)c1ccc(-c2ccc(NC(=O)CN3CCN(c4ccccc4F)CC3)cc2)cc1)C(=O)NO. The number of hydrogen-bond acceptors (Lipinski definition) is 8. The topological polar surface area (TPSA) is 160 Å². The summed E-state index contributed by atoms with van der Waals surface area (Å²) in [6, 6.07) is 18.9. The van der Waals surface area contributed by atoms with Crippen LogP contribution in [0.25, 0.3) is 11.1 Å². The van der Waals surface area contributed by atoms with Crippen molar-refractivity contribution in [2.45, 2.75) is 12.3 Å². The molecular weight excluding hydrogens is 519 g/mol. The smallest absolute Gasteiger partial charge is 0.270 e. The highest BCUT2D eigenvalue weighted by Crippen LogP contribution is 2.23. The van der Waals surface area contributed by atoms with Gasteiger partial charge < -0.3 is 26.4 Å². The number of halogens is 1. The van der Waals surface area contributed by atoms with Crippen LogP contribution >= 0.6 is 0 Å². The molecular formula is C28H31FN6O5. The van der Waals surface area contributed by atoms with Crippen LogP contribution in [0.5, 0.6) is 0 Å². The summed E-state index contributed by atoms with van der Waals surface area (Å²) < 4.78 is 14.0. The normalized spacial score (nSPS) is 15.2. The number of piperazine rings is 1. The molecule has 0 unspecified atom stereocenters. The molecule has 1 heterocycles. The van der Waals surface area contributed by atoms with Crippen LogP contribution in [-0.4, -0.2) is 77.9 Å². The second-order valence-electron chi connectivity index (χ2n) is 9.34. The fourth-order valence-corrected chi connectivity index (χ4v) is 4.42. The van der Waals surface area contributed by atoms with E-state index in [1.165, 1.54) is 11.5 Å². The number of carbonyl (C=O) groups excluding carboxylic acids is 3. The molecule has 3 aromatic rings. The minimum atomic E-state index is -1.70. The maximum Gasteiger partial charge on any atom is 0.270 e. The Bertz CT molecular complexity index is 1330. The number of carbonyl (C=O) groups is 3. The van der Waals surface area contributed by atoms with Crippen LogP contribution in [0, 0.1) is 5.82 Å². The van der Waals surface area contributed by atoms with E-state index in [-0.39, 0.29) is 23.8 Å². The van der Waals surface area contributed by atoms with Crippen LogP contribution in [-0.2, 0) is 9.59 Å². The molecule has 3 aromatic carbocycles. The highest BCUT2D eigenvalue weighted by atomic mass is 19.1. The van der Waals surface area contributed by atoms with Crippen LogP contribution in [0.1, 0.15) is 10.4 Å².